The summed E-state index contributed by atoms with van der Waals surface area (Å²) in [5.41, 5.74) is 3.69. The average molecular weight is 387 g/mol. The molecule has 6 nitrogen and oxygen atoms in total. The van der Waals surface area contributed by atoms with Gasteiger partial charge in [-0.2, -0.15) is 10.2 Å². The molecular weight excluding hydrogens is 366 g/mol. The van der Waals surface area contributed by atoms with E-state index in [1.807, 2.05) is 61.5 Å². The number of aromatic nitrogens is 2. The molecule has 29 heavy (non-hydrogen) atoms. The van der Waals surface area contributed by atoms with Gasteiger partial charge in [-0.05, 0) is 35.6 Å². The first kappa shape index (κ1) is 20.0. The monoisotopic (exact) mass is 387 g/mol. The molecule has 0 fully saturated rings. The van der Waals surface area contributed by atoms with Crippen molar-refractivity contribution >= 4 is 12.0 Å². The molecule has 0 aliphatic heterocycles. The fourth-order valence-corrected chi connectivity index (χ4v) is 2.73. The van der Waals surface area contributed by atoms with Crippen LogP contribution in [0.5, 0.6) is 0 Å². The van der Waals surface area contributed by atoms with Gasteiger partial charge in [0.05, 0.1) is 0 Å². The Hall–Kier alpha value is -3.72. The number of aryl methyl sites for hydroxylation is 1. The maximum Gasteiger partial charge on any atom is 0.349 e. The summed E-state index contributed by atoms with van der Waals surface area (Å²) in [4.78, 5) is 16.5. The summed E-state index contributed by atoms with van der Waals surface area (Å²) in [7, 11) is 0. The average Bonchev–Trinajstić information content (AvgIpc) is 3.19. The lowest BCUT2D eigenvalue weighted by Crippen LogP contribution is -2.07. The highest BCUT2D eigenvalue weighted by molar-refractivity contribution is 5.97. The standard InChI is InChI=1S/C23H21N3O3/c1-15(2)18-10-8-17(9-11-18)12-19(13-24)23(27)28-14-21-25-22(26-29-21)20-7-5-4-6-16(20)3/h4-12,15H,14H2,1-3H3/b19-12+. The van der Waals surface area contributed by atoms with Crippen molar-refractivity contribution in [2.75, 3.05) is 0 Å². The minimum atomic E-state index is -0.740. The molecule has 0 bridgehead atoms. The zero-order valence-electron chi connectivity index (χ0n) is 16.5. The van der Waals surface area contributed by atoms with Crippen LogP contribution < -0.4 is 0 Å². The third-order valence-electron chi connectivity index (χ3n) is 4.44. The van der Waals surface area contributed by atoms with Crippen molar-refractivity contribution in [2.24, 2.45) is 0 Å². The van der Waals surface area contributed by atoms with Gasteiger partial charge in [-0.25, -0.2) is 4.79 Å². The molecular formula is C23H21N3O3. The normalized spacial score (nSPS) is 11.3. The van der Waals surface area contributed by atoms with Gasteiger partial charge in [-0.3, -0.25) is 0 Å². The molecule has 146 valence electrons. The van der Waals surface area contributed by atoms with E-state index in [2.05, 4.69) is 24.0 Å². The number of ether oxygens (including phenoxy) is 1. The predicted molar refractivity (Wildman–Crippen MR) is 108 cm³/mol. The molecule has 0 unspecified atom stereocenters. The van der Waals surface area contributed by atoms with Crippen LogP contribution >= 0.6 is 0 Å². The molecule has 0 saturated carbocycles. The number of esters is 1. The number of hydrogen-bond acceptors (Lipinski definition) is 6. The van der Waals surface area contributed by atoms with E-state index in [9.17, 15) is 10.1 Å². The van der Waals surface area contributed by atoms with Gasteiger partial charge in [0.2, 0.25) is 5.82 Å². The second kappa shape index (κ2) is 8.98. The first-order valence-corrected chi connectivity index (χ1v) is 9.25. The SMILES string of the molecule is Cc1ccccc1-c1noc(COC(=O)/C(C#N)=C/c2ccc(C(C)C)cc2)n1. The summed E-state index contributed by atoms with van der Waals surface area (Å²) >= 11 is 0. The molecule has 0 spiro atoms. The molecule has 0 amide bonds. The summed E-state index contributed by atoms with van der Waals surface area (Å²) < 4.78 is 10.3. The van der Waals surface area contributed by atoms with Crippen molar-refractivity contribution in [3.05, 3.63) is 76.7 Å². The quantitative estimate of drug-likeness (QED) is 0.342. The third-order valence-corrected chi connectivity index (χ3v) is 4.44. The van der Waals surface area contributed by atoms with Crippen LogP contribution in [0.2, 0.25) is 0 Å². The van der Waals surface area contributed by atoms with Crippen LogP contribution in [0, 0.1) is 18.3 Å². The Kier molecular flexibility index (Phi) is 6.20. The van der Waals surface area contributed by atoms with Crippen LogP contribution in [0.25, 0.3) is 17.5 Å². The highest BCUT2D eigenvalue weighted by Crippen LogP contribution is 2.20. The van der Waals surface area contributed by atoms with E-state index < -0.39 is 5.97 Å². The van der Waals surface area contributed by atoms with E-state index in [0.29, 0.717) is 11.7 Å². The van der Waals surface area contributed by atoms with Gasteiger partial charge >= 0.3 is 5.97 Å². The molecule has 0 saturated heterocycles. The van der Waals surface area contributed by atoms with Crippen molar-refractivity contribution in [1.82, 2.24) is 10.1 Å². The molecule has 0 atom stereocenters. The van der Waals surface area contributed by atoms with Crippen molar-refractivity contribution < 1.29 is 14.1 Å². The zero-order valence-corrected chi connectivity index (χ0v) is 16.5. The summed E-state index contributed by atoms with van der Waals surface area (Å²) in [6.45, 7) is 5.95. The van der Waals surface area contributed by atoms with Crippen LogP contribution in [-0.4, -0.2) is 16.1 Å². The van der Waals surface area contributed by atoms with E-state index in [-0.39, 0.29) is 18.1 Å². The smallest absolute Gasteiger partial charge is 0.349 e. The van der Waals surface area contributed by atoms with Gasteiger partial charge in [0.25, 0.3) is 5.89 Å². The van der Waals surface area contributed by atoms with Gasteiger partial charge < -0.3 is 9.26 Å². The molecule has 0 aliphatic carbocycles. The Balaban J connectivity index is 1.66. The Morgan fingerprint density at radius 1 is 1.21 bits per heavy atom. The van der Waals surface area contributed by atoms with Crippen molar-refractivity contribution in [2.45, 2.75) is 33.3 Å². The van der Waals surface area contributed by atoms with Crippen LogP contribution in [0.3, 0.4) is 0 Å². The summed E-state index contributed by atoms with van der Waals surface area (Å²) in [5.74, 6) is 0.258. The number of carbonyl (C=O) groups excluding carboxylic acids is 1. The van der Waals surface area contributed by atoms with E-state index in [1.54, 1.807) is 0 Å². The maximum atomic E-state index is 12.3. The lowest BCUT2D eigenvalue weighted by molar-refractivity contribution is -0.140. The minimum Gasteiger partial charge on any atom is -0.451 e. The zero-order chi connectivity index (χ0) is 20.8. The van der Waals surface area contributed by atoms with E-state index >= 15 is 0 Å². The van der Waals surface area contributed by atoms with Gasteiger partial charge in [0, 0.05) is 5.56 Å². The van der Waals surface area contributed by atoms with Gasteiger partial charge in [0.15, 0.2) is 6.61 Å². The van der Waals surface area contributed by atoms with E-state index in [4.69, 9.17) is 9.26 Å². The Labute approximate surface area is 169 Å². The Morgan fingerprint density at radius 2 is 1.93 bits per heavy atom. The number of hydrogen-bond donors (Lipinski definition) is 0. The van der Waals surface area contributed by atoms with Crippen LogP contribution in [0.15, 0.2) is 58.6 Å². The molecule has 0 N–H and O–H groups in total. The van der Waals surface area contributed by atoms with Crippen molar-refractivity contribution in [1.29, 1.82) is 5.26 Å². The van der Waals surface area contributed by atoms with Crippen molar-refractivity contribution in [3.63, 3.8) is 0 Å². The second-order valence-corrected chi connectivity index (χ2v) is 6.89. The lowest BCUT2D eigenvalue weighted by atomic mass is 10.0. The fourth-order valence-electron chi connectivity index (χ4n) is 2.73. The summed E-state index contributed by atoms with van der Waals surface area (Å²) in [5, 5.41) is 13.2. The molecule has 0 radical (unpaired) electrons. The van der Waals surface area contributed by atoms with Crippen molar-refractivity contribution in [3.8, 4) is 17.5 Å². The van der Waals surface area contributed by atoms with Crippen LogP contribution in [-0.2, 0) is 16.1 Å². The highest BCUT2D eigenvalue weighted by Gasteiger charge is 2.15. The number of benzene rings is 2. The first-order valence-electron chi connectivity index (χ1n) is 9.25. The summed E-state index contributed by atoms with van der Waals surface area (Å²) in [6.07, 6.45) is 1.50. The second-order valence-electron chi connectivity index (χ2n) is 6.89. The number of rotatable bonds is 6. The largest absolute Gasteiger partial charge is 0.451 e. The molecule has 2 aromatic carbocycles. The molecule has 3 aromatic rings. The molecule has 0 aliphatic rings. The topological polar surface area (TPSA) is 89.0 Å². The molecule has 1 aromatic heterocycles. The highest BCUT2D eigenvalue weighted by atomic mass is 16.6. The lowest BCUT2D eigenvalue weighted by Gasteiger charge is -2.05. The Bertz CT molecular complexity index is 1070. The maximum absolute atomic E-state index is 12.3. The number of nitriles is 1. The van der Waals surface area contributed by atoms with E-state index in [1.165, 1.54) is 11.6 Å². The molecule has 6 heteroatoms. The van der Waals surface area contributed by atoms with E-state index in [0.717, 1.165) is 16.7 Å². The molecule has 1 heterocycles. The third kappa shape index (κ3) is 4.96. The van der Waals surface area contributed by atoms with Gasteiger partial charge in [0.1, 0.15) is 11.6 Å². The first-order chi connectivity index (χ1) is 14.0. The Morgan fingerprint density at radius 3 is 2.59 bits per heavy atom. The van der Waals surface area contributed by atoms with Crippen LogP contribution in [0.1, 0.15) is 42.3 Å². The minimum absolute atomic E-state index is 0.0964. The number of carbonyl (C=O) groups is 1. The molecule has 3 rings (SSSR count). The summed E-state index contributed by atoms with van der Waals surface area (Å²) in [6, 6.07) is 17.2. The van der Waals surface area contributed by atoms with Gasteiger partial charge in [-0.15, -0.1) is 0 Å². The van der Waals surface area contributed by atoms with Crippen LogP contribution in [0.4, 0.5) is 0 Å². The fraction of sp³-hybridized carbons (Fsp3) is 0.217. The number of nitrogens with zero attached hydrogens (tertiary/aromatic N) is 3. The van der Waals surface area contributed by atoms with Gasteiger partial charge in [-0.1, -0.05) is 67.5 Å². The predicted octanol–water partition coefficient (Wildman–Crippen LogP) is 4.82.